The first-order valence-corrected chi connectivity index (χ1v) is 13.6. The van der Waals surface area contributed by atoms with Gasteiger partial charge in [0.25, 0.3) is 0 Å². The Morgan fingerprint density at radius 3 is 1.17 bits per heavy atom. The molecule has 0 aromatic heterocycles. The van der Waals surface area contributed by atoms with Crippen molar-refractivity contribution in [2.24, 2.45) is 0 Å². The first-order valence-electron chi connectivity index (χ1n) is 9.44. The molecule has 144 valence electrons. The average Bonchev–Trinajstić information content (AvgIpc) is 2.80. The molecule has 4 aromatic carbocycles. The van der Waals surface area contributed by atoms with Gasteiger partial charge in [-0.05, 0) is 0 Å². The van der Waals surface area contributed by atoms with E-state index in [1.165, 1.54) is 13.1 Å². The molecule has 0 fully saturated rings. The van der Waals surface area contributed by atoms with E-state index in [0.717, 1.165) is 5.56 Å². The number of Topliss-reactive ketones (excluding diaryl/α,β-unsaturated/α-hetero) is 1. The van der Waals surface area contributed by atoms with Gasteiger partial charge in [-0.15, -0.1) is 0 Å². The van der Waals surface area contributed by atoms with Crippen LogP contribution >= 0.6 is 0 Å². The Bertz CT molecular complexity index is 938. The third-order valence-electron chi connectivity index (χ3n) is 5.07. The monoisotopic (exact) mass is 504 g/mol. The van der Waals surface area contributed by atoms with Crippen molar-refractivity contribution in [3.63, 3.8) is 0 Å². The van der Waals surface area contributed by atoms with Crippen molar-refractivity contribution in [2.45, 2.75) is 5.21 Å². The van der Waals surface area contributed by atoms with Crippen LogP contribution in [0.25, 0.3) is 0 Å². The maximum atomic E-state index is 13.4. The minimum absolute atomic E-state index is 0. The van der Waals surface area contributed by atoms with Gasteiger partial charge in [-0.1, -0.05) is 0 Å². The molecule has 0 heterocycles. The van der Waals surface area contributed by atoms with E-state index in [1.54, 1.807) is 0 Å². The predicted molar refractivity (Wildman–Crippen MR) is 120 cm³/mol. The summed E-state index contributed by atoms with van der Waals surface area (Å²) in [7, 11) is 0. The van der Waals surface area contributed by atoms with Crippen molar-refractivity contribution < 1.29 is 21.8 Å². The minimum Gasteiger partial charge on any atom is -1.00 e. The maximum Gasteiger partial charge on any atom is -1.00 e. The summed E-state index contributed by atoms with van der Waals surface area (Å²) in [5, 5.41) is 0.542. The summed E-state index contributed by atoms with van der Waals surface area (Å²) in [5.41, 5.74) is 0.788. The summed E-state index contributed by atoms with van der Waals surface area (Å²) in [6.07, 6.45) is 0. The van der Waals surface area contributed by atoms with Gasteiger partial charge >= 0.3 is 169 Å². The van der Waals surface area contributed by atoms with Crippen molar-refractivity contribution >= 4 is 32.4 Å². The van der Waals surface area contributed by atoms with Crippen molar-refractivity contribution in [2.75, 3.05) is 0 Å². The van der Waals surface area contributed by atoms with Gasteiger partial charge in [0.15, 0.2) is 0 Å². The summed E-state index contributed by atoms with van der Waals surface area (Å²) < 4.78 is 3.88. The predicted octanol–water partition coefficient (Wildman–Crippen LogP) is 1.04. The van der Waals surface area contributed by atoms with Crippen LogP contribution in [0.3, 0.4) is 0 Å². The van der Waals surface area contributed by atoms with E-state index in [-0.39, 0.29) is 22.8 Å². The van der Waals surface area contributed by atoms with E-state index in [1.807, 2.05) is 48.5 Å². The van der Waals surface area contributed by atoms with Crippen molar-refractivity contribution in [3.8, 4) is 0 Å². The molecule has 4 rings (SSSR count). The van der Waals surface area contributed by atoms with Gasteiger partial charge in [-0.25, -0.2) is 0 Å². The Balaban J connectivity index is 0.00000240. The molecule has 0 atom stereocenters. The molecule has 0 aliphatic carbocycles. The second-order valence-electron chi connectivity index (χ2n) is 6.76. The van der Waals surface area contributed by atoms with Gasteiger partial charge in [-0.3, -0.25) is 0 Å². The molecule has 0 amide bonds. The minimum atomic E-state index is -2.99. The van der Waals surface area contributed by atoms with E-state index in [2.05, 4.69) is 72.8 Å². The molecule has 4 aromatic rings. The molecule has 0 aliphatic heterocycles. The summed E-state index contributed by atoms with van der Waals surface area (Å²) in [4.78, 5) is 13.4. The fourth-order valence-corrected chi connectivity index (χ4v) is 12.3. The molecule has 0 N–H and O–H groups in total. The molecule has 0 saturated carbocycles. The zero-order chi connectivity index (χ0) is 19.2. The molecular weight excluding hydrogens is 483 g/mol. The van der Waals surface area contributed by atoms with Gasteiger partial charge < -0.3 is 17.0 Å². The Morgan fingerprint density at radius 2 is 0.828 bits per heavy atom. The SMILES string of the molecule is O=C(C[As+](c1ccccc1)(c1ccccc1)c1ccccc1)c1ccccc1.[Br-]. The molecule has 0 radical (unpaired) electrons. The number of ketones is 1. The molecule has 3 heteroatoms. The summed E-state index contributed by atoms with van der Waals surface area (Å²) in [6.45, 7) is 0. The van der Waals surface area contributed by atoms with Crippen LogP contribution in [0.15, 0.2) is 121 Å². The van der Waals surface area contributed by atoms with Crippen LogP contribution in [-0.4, -0.2) is 19.3 Å². The Hall–Kier alpha value is -2.41. The van der Waals surface area contributed by atoms with E-state index >= 15 is 0 Å². The summed E-state index contributed by atoms with van der Waals surface area (Å²) >= 11 is -2.99. The van der Waals surface area contributed by atoms with Gasteiger partial charge in [0, 0.05) is 0 Å². The standard InChI is InChI=1S/C26H22AsO.BrH/c28-26(22-13-5-1-6-14-22)21-27(23-15-7-2-8-16-23,24-17-9-3-10-18-24)25-19-11-4-12-20-25;/h1-20H,21H2;1H/q+1;/p-1. The second kappa shape index (κ2) is 9.87. The molecular formula is C26H22AsBrO. The van der Waals surface area contributed by atoms with Crippen molar-refractivity contribution in [1.29, 1.82) is 0 Å². The number of carbonyl (C=O) groups is 1. The zero-order valence-electron chi connectivity index (χ0n) is 16.0. The summed E-state index contributed by atoms with van der Waals surface area (Å²) in [6, 6.07) is 41.5. The Morgan fingerprint density at radius 1 is 0.517 bits per heavy atom. The smallest absolute Gasteiger partial charge is 1.00 e. The number of hydrogen-bond donors (Lipinski definition) is 0. The molecule has 0 saturated heterocycles. The van der Waals surface area contributed by atoms with Gasteiger partial charge in [-0.2, -0.15) is 0 Å². The van der Waals surface area contributed by atoms with Crippen molar-refractivity contribution in [3.05, 3.63) is 127 Å². The van der Waals surface area contributed by atoms with E-state index in [4.69, 9.17) is 0 Å². The quantitative estimate of drug-likeness (QED) is 0.283. The third kappa shape index (κ3) is 4.45. The van der Waals surface area contributed by atoms with Crippen LogP contribution in [0.4, 0.5) is 0 Å². The van der Waals surface area contributed by atoms with Crippen molar-refractivity contribution in [1.82, 2.24) is 0 Å². The van der Waals surface area contributed by atoms with Gasteiger partial charge in [0.1, 0.15) is 0 Å². The summed E-state index contributed by atoms with van der Waals surface area (Å²) in [5.74, 6) is 0.213. The molecule has 29 heavy (non-hydrogen) atoms. The molecule has 1 nitrogen and oxygen atoms in total. The molecule has 0 aliphatic rings. The largest absolute Gasteiger partial charge is 1.00 e. The Kier molecular flexibility index (Phi) is 7.25. The zero-order valence-corrected chi connectivity index (χ0v) is 19.5. The van der Waals surface area contributed by atoms with Gasteiger partial charge in [0.05, 0.1) is 0 Å². The molecule has 0 bridgehead atoms. The fraction of sp³-hybridized carbons (Fsp3) is 0.0385. The number of carbonyl (C=O) groups excluding carboxylic acids is 1. The van der Waals surface area contributed by atoms with Crippen LogP contribution in [0.2, 0.25) is 5.21 Å². The number of rotatable bonds is 6. The van der Waals surface area contributed by atoms with Crippen LogP contribution in [0.1, 0.15) is 10.4 Å². The van der Waals surface area contributed by atoms with E-state index in [9.17, 15) is 4.79 Å². The van der Waals surface area contributed by atoms with Crippen LogP contribution in [-0.2, 0) is 0 Å². The number of halogens is 1. The maximum absolute atomic E-state index is 13.4. The van der Waals surface area contributed by atoms with Gasteiger partial charge in [0.2, 0.25) is 0 Å². The first-order chi connectivity index (χ1) is 13.8. The van der Waals surface area contributed by atoms with Crippen LogP contribution < -0.4 is 30.0 Å². The topological polar surface area (TPSA) is 17.1 Å². The third-order valence-corrected chi connectivity index (χ3v) is 14.1. The number of hydrogen-bond acceptors (Lipinski definition) is 1. The van der Waals surface area contributed by atoms with E-state index in [0.29, 0.717) is 5.21 Å². The average molecular weight is 505 g/mol. The van der Waals surface area contributed by atoms with Crippen LogP contribution in [0.5, 0.6) is 0 Å². The second-order valence-corrected chi connectivity index (χ2v) is 14.1. The fourth-order valence-electron chi connectivity index (χ4n) is 3.70. The number of benzene rings is 4. The Labute approximate surface area is 185 Å². The van der Waals surface area contributed by atoms with Crippen LogP contribution in [0, 0.1) is 0 Å². The molecule has 0 unspecified atom stereocenters. The normalized spacial score (nSPS) is 10.8. The first kappa shape index (κ1) is 21.3. The van der Waals surface area contributed by atoms with E-state index < -0.39 is 13.6 Å². The molecule has 0 spiro atoms.